The van der Waals surface area contributed by atoms with Gasteiger partial charge in [0.05, 0.1) is 0 Å². The molecule has 1 aliphatic carbocycles. The number of hydrogen-bond donors (Lipinski definition) is 2. The highest BCUT2D eigenvalue weighted by molar-refractivity contribution is 6.30. The summed E-state index contributed by atoms with van der Waals surface area (Å²) in [5.41, 5.74) is 1.16. The Morgan fingerprint density at radius 3 is 2.79 bits per heavy atom. The smallest absolute Gasteiger partial charge is 0.268 e. The molecule has 0 saturated heterocycles. The van der Waals surface area contributed by atoms with Crippen molar-refractivity contribution in [1.82, 2.24) is 10.3 Å². The first-order valence-corrected chi connectivity index (χ1v) is 8.18. The summed E-state index contributed by atoms with van der Waals surface area (Å²) in [6.07, 6.45) is 0.879. The number of aromatic nitrogens is 1. The second-order valence-corrected chi connectivity index (χ2v) is 6.51. The number of amides is 1. The van der Waals surface area contributed by atoms with Gasteiger partial charge in [-0.25, -0.2) is 0 Å². The van der Waals surface area contributed by atoms with Crippen molar-refractivity contribution in [2.75, 3.05) is 0 Å². The lowest BCUT2D eigenvalue weighted by Crippen LogP contribution is -2.29. The summed E-state index contributed by atoms with van der Waals surface area (Å²) >= 11 is 6.01. The first-order chi connectivity index (χ1) is 11.6. The minimum Gasteiger partial charge on any atom is -0.347 e. The van der Waals surface area contributed by atoms with E-state index in [2.05, 4.69) is 10.3 Å². The van der Waals surface area contributed by atoms with Gasteiger partial charge in [0, 0.05) is 22.4 Å². The van der Waals surface area contributed by atoms with E-state index < -0.39 is 0 Å². The number of carbonyl (C=O) groups excluding carboxylic acids is 1. The van der Waals surface area contributed by atoms with Crippen molar-refractivity contribution < 1.29 is 4.79 Å². The van der Waals surface area contributed by atoms with Gasteiger partial charge in [0.15, 0.2) is 0 Å². The number of H-pyrrole nitrogens is 1. The average Bonchev–Trinajstić information content (AvgIpc) is 3.34. The van der Waals surface area contributed by atoms with E-state index in [9.17, 15) is 9.59 Å². The second kappa shape index (κ2) is 5.80. The quantitative estimate of drug-likeness (QED) is 0.768. The number of carbonyl (C=O) groups is 1. The van der Waals surface area contributed by atoms with E-state index in [0.29, 0.717) is 10.4 Å². The molecule has 1 saturated carbocycles. The zero-order valence-corrected chi connectivity index (χ0v) is 13.5. The van der Waals surface area contributed by atoms with Gasteiger partial charge in [0.2, 0.25) is 0 Å². The first kappa shape index (κ1) is 15.0. The van der Waals surface area contributed by atoms with Crippen LogP contribution in [-0.2, 0) is 0 Å². The van der Waals surface area contributed by atoms with Crippen LogP contribution in [0.25, 0.3) is 10.8 Å². The molecule has 120 valence electrons. The van der Waals surface area contributed by atoms with Crippen molar-refractivity contribution in [3.05, 3.63) is 81.2 Å². The summed E-state index contributed by atoms with van der Waals surface area (Å²) in [4.78, 5) is 27.2. The molecule has 2 aromatic carbocycles. The summed E-state index contributed by atoms with van der Waals surface area (Å²) in [5, 5.41) is 5.01. The van der Waals surface area contributed by atoms with Gasteiger partial charge in [0.1, 0.15) is 5.69 Å². The maximum absolute atomic E-state index is 12.4. The predicted molar refractivity (Wildman–Crippen MR) is 94.6 cm³/mol. The highest BCUT2D eigenvalue weighted by Crippen LogP contribution is 2.41. The second-order valence-electron chi connectivity index (χ2n) is 6.08. The average molecular weight is 339 g/mol. The minimum absolute atomic E-state index is 0.0749. The van der Waals surface area contributed by atoms with E-state index in [-0.39, 0.29) is 29.1 Å². The molecule has 3 aromatic rings. The Kier molecular flexibility index (Phi) is 3.62. The molecule has 24 heavy (non-hydrogen) atoms. The number of nitrogens with one attached hydrogen (secondary N) is 2. The van der Waals surface area contributed by atoms with Gasteiger partial charge in [-0.3, -0.25) is 9.59 Å². The topological polar surface area (TPSA) is 62.0 Å². The molecule has 0 bridgehead atoms. The highest BCUT2D eigenvalue weighted by Gasteiger charge is 2.39. The fraction of sp³-hybridized carbons (Fsp3) is 0.158. The molecule has 2 atom stereocenters. The number of halogens is 1. The summed E-state index contributed by atoms with van der Waals surface area (Å²) < 4.78 is 0. The molecular weight excluding hydrogens is 324 g/mol. The fourth-order valence-electron chi connectivity index (χ4n) is 3.04. The summed E-state index contributed by atoms with van der Waals surface area (Å²) in [6, 6.07) is 16.7. The van der Waals surface area contributed by atoms with Gasteiger partial charge in [-0.2, -0.15) is 0 Å². The van der Waals surface area contributed by atoms with E-state index in [4.69, 9.17) is 11.6 Å². The maximum Gasteiger partial charge on any atom is 0.268 e. The minimum atomic E-state index is -0.257. The van der Waals surface area contributed by atoms with Crippen molar-refractivity contribution in [2.45, 2.75) is 18.4 Å². The summed E-state index contributed by atoms with van der Waals surface area (Å²) in [6.45, 7) is 0. The van der Waals surface area contributed by atoms with Crippen LogP contribution in [0, 0.1) is 0 Å². The van der Waals surface area contributed by atoms with Crippen molar-refractivity contribution in [3.8, 4) is 0 Å². The lowest BCUT2D eigenvalue weighted by molar-refractivity contribution is 0.0945. The van der Waals surface area contributed by atoms with E-state index in [1.165, 1.54) is 0 Å². The molecule has 1 amide bonds. The summed E-state index contributed by atoms with van der Waals surface area (Å²) in [5.74, 6) is 0.0206. The van der Waals surface area contributed by atoms with Crippen LogP contribution < -0.4 is 10.9 Å². The molecule has 1 heterocycles. The third kappa shape index (κ3) is 2.81. The molecule has 4 rings (SSSR count). The number of benzene rings is 2. The van der Waals surface area contributed by atoms with Crippen molar-refractivity contribution in [2.24, 2.45) is 0 Å². The van der Waals surface area contributed by atoms with E-state index >= 15 is 0 Å². The van der Waals surface area contributed by atoms with Crippen LogP contribution in [0.2, 0.25) is 5.02 Å². The third-order valence-corrected chi connectivity index (χ3v) is 4.62. The van der Waals surface area contributed by atoms with Crippen LogP contribution in [-0.4, -0.2) is 16.9 Å². The van der Waals surface area contributed by atoms with Crippen molar-refractivity contribution >= 4 is 28.3 Å². The molecule has 0 unspecified atom stereocenters. The molecular formula is C19H15ClN2O2. The van der Waals surface area contributed by atoms with Crippen molar-refractivity contribution in [3.63, 3.8) is 0 Å². The van der Waals surface area contributed by atoms with Crippen LogP contribution in [0.5, 0.6) is 0 Å². The van der Waals surface area contributed by atoms with Gasteiger partial charge in [-0.05, 0) is 41.6 Å². The number of aromatic amines is 1. The predicted octanol–water partition coefficient (Wildman–Crippen LogP) is 3.47. The Hall–Kier alpha value is -2.59. The molecule has 4 nitrogen and oxygen atoms in total. The number of hydrogen-bond acceptors (Lipinski definition) is 2. The normalized spacial score (nSPS) is 19.2. The molecule has 0 spiro atoms. The lowest BCUT2D eigenvalue weighted by Gasteiger charge is -2.06. The monoisotopic (exact) mass is 338 g/mol. The molecule has 5 heteroatoms. The van der Waals surface area contributed by atoms with Crippen molar-refractivity contribution in [1.29, 1.82) is 0 Å². The van der Waals surface area contributed by atoms with E-state index in [0.717, 1.165) is 17.4 Å². The van der Waals surface area contributed by atoms with Crippen LogP contribution in [0.4, 0.5) is 0 Å². The largest absolute Gasteiger partial charge is 0.347 e. The van der Waals surface area contributed by atoms with Crippen LogP contribution in [0.3, 0.4) is 0 Å². The standard InChI is InChI=1S/C19H15ClN2O2/c20-13-6-3-5-11(8-13)15-10-16(15)21-19(24)17-9-12-4-1-2-7-14(12)18(23)22-17/h1-9,15-16H,10H2,(H,21,24)(H,22,23)/t15-,16+/m1/s1. The van der Waals surface area contributed by atoms with Gasteiger partial charge < -0.3 is 10.3 Å². The fourth-order valence-corrected chi connectivity index (χ4v) is 3.24. The Balaban J connectivity index is 1.52. The maximum atomic E-state index is 12.4. The number of rotatable bonds is 3. The van der Waals surface area contributed by atoms with Gasteiger partial charge in [0.25, 0.3) is 11.5 Å². The van der Waals surface area contributed by atoms with Gasteiger partial charge >= 0.3 is 0 Å². The lowest BCUT2D eigenvalue weighted by atomic mass is 10.1. The molecule has 1 aliphatic rings. The number of fused-ring (bicyclic) bond motifs is 1. The van der Waals surface area contributed by atoms with Gasteiger partial charge in [-0.15, -0.1) is 0 Å². The Morgan fingerprint density at radius 2 is 1.96 bits per heavy atom. The Bertz CT molecular complexity index is 996. The molecule has 2 N–H and O–H groups in total. The molecule has 1 fully saturated rings. The zero-order valence-electron chi connectivity index (χ0n) is 12.8. The zero-order chi connectivity index (χ0) is 16.7. The SMILES string of the molecule is O=C(N[C@H]1C[C@@H]1c1cccc(Cl)c1)c1cc2ccccc2c(=O)[nH]1. The summed E-state index contributed by atoms with van der Waals surface area (Å²) in [7, 11) is 0. The molecule has 0 radical (unpaired) electrons. The third-order valence-electron chi connectivity index (χ3n) is 4.38. The van der Waals surface area contributed by atoms with Gasteiger partial charge in [-0.1, -0.05) is 41.9 Å². The first-order valence-electron chi connectivity index (χ1n) is 7.80. The van der Waals surface area contributed by atoms with Crippen LogP contribution >= 0.6 is 11.6 Å². The Morgan fingerprint density at radius 1 is 1.12 bits per heavy atom. The highest BCUT2D eigenvalue weighted by atomic mass is 35.5. The van der Waals surface area contributed by atoms with E-state index in [1.54, 1.807) is 18.2 Å². The van der Waals surface area contributed by atoms with Crippen LogP contribution in [0.15, 0.2) is 59.4 Å². The Labute approximate surface area is 143 Å². The van der Waals surface area contributed by atoms with E-state index in [1.807, 2.05) is 36.4 Å². The molecule has 0 aliphatic heterocycles. The molecule has 1 aromatic heterocycles. The number of pyridine rings is 1. The van der Waals surface area contributed by atoms with Crippen LogP contribution in [0.1, 0.15) is 28.4 Å².